The first-order valence-corrected chi connectivity index (χ1v) is 9.92. The van der Waals surface area contributed by atoms with Gasteiger partial charge < -0.3 is 14.8 Å². The molecule has 0 aliphatic carbocycles. The molecule has 154 valence electrons. The van der Waals surface area contributed by atoms with Crippen LogP contribution in [0, 0.1) is 6.92 Å². The van der Waals surface area contributed by atoms with Crippen LogP contribution in [0.4, 0.5) is 0 Å². The van der Waals surface area contributed by atoms with Gasteiger partial charge in [-0.3, -0.25) is 0 Å². The van der Waals surface area contributed by atoms with E-state index in [0.29, 0.717) is 24.8 Å². The smallest absolute Gasteiger partial charge is 0.166 e. The molecule has 3 aromatic rings. The quantitative estimate of drug-likeness (QED) is 0.428. The van der Waals surface area contributed by atoms with Gasteiger partial charge in [-0.15, -0.1) is 12.4 Å². The maximum Gasteiger partial charge on any atom is 0.166 e. The van der Waals surface area contributed by atoms with Crippen molar-refractivity contribution >= 4 is 24.0 Å². The molecule has 3 aromatic carbocycles. The lowest BCUT2D eigenvalue weighted by Gasteiger charge is -2.17. The summed E-state index contributed by atoms with van der Waals surface area (Å²) in [7, 11) is 0. The molecular weight excluding hydrogens is 405 g/mol. The highest BCUT2D eigenvalue weighted by molar-refractivity contribution is 6.31. The second-order valence-corrected chi connectivity index (χ2v) is 7.05. The van der Waals surface area contributed by atoms with Gasteiger partial charge in [-0.1, -0.05) is 71.8 Å². The molecule has 0 saturated carbocycles. The Hall–Kier alpha value is -2.20. The minimum Gasteiger partial charge on any atom is -0.490 e. The van der Waals surface area contributed by atoms with Gasteiger partial charge in [0.15, 0.2) is 11.5 Å². The predicted octanol–water partition coefficient (Wildman–Crippen LogP) is 6.34. The van der Waals surface area contributed by atoms with Crippen LogP contribution in [0.5, 0.6) is 11.5 Å². The third-order valence-electron chi connectivity index (χ3n) is 4.46. The number of rotatable bonds is 9. The average Bonchev–Trinajstić information content (AvgIpc) is 2.70. The van der Waals surface area contributed by atoms with Crippen LogP contribution in [-0.2, 0) is 19.7 Å². The molecule has 0 atom stereocenters. The minimum atomic E-state index is 0. The Balaban J connectivity index is 0.00000300. The molecule has 0 aromatic heterocycles. The van der Waals surface area contributed by atoms with Crippen molar-refractivity contribution in [2.24, 2.45) is 0 Å². The average molecular weight is 432 g/mol. The maximum atomic E-state index is 6.27. The molecule has 0 spiro atoms. The fourth-order valence-electron chi connectivity index (χ4n) is 2.95. The van der Waals surface area contributed by atoms with Crippen molar-refractivity contribution in [3.05, 3.63) is 94.0 Å². The number of nitrogens with one attached hydrogen (secondary N) is 1. The third kappa shape index (κ3) is 6.67. The van der Waals surface area contributed by atoms with Crippen LogP contribution in [0.15, 0.2) is 66.7 Å². The predicted molar refractivity (Wildman–Crippen MR) is 122 cm³/mol. The van der Waals surface area contributed by atoms with Crippen LogP contribution in [0.2, 0.25) is 5.02 Å². The summed E-state index contributed by atoms with van der Waals surface area (Å²) in [6, 6.07) is 22.3. The molecule has 3 nitrogen and oxygen atoms in total. The molecule has 1 N–H and O–H groups in total. The Kier molecular flexibility index (Phi) is 9.33. The van der Waals surface area contributed by atoms with Crippen molar-refractivity contribution in [2.45, 2.75) is 33.5 Å². The standard InChI is InChI=1S/C24H26ClNO2.ClH/c1-3-27-23-10-6-8-20(16-26-15-19-13-11-18(2)12-14-19)24(23)28-17-21-7-4-5-9-22(21)25;/h4-14,26H,3,15-17H2,1-2H3;1H. The molecule has 5 heteroatoms. The molecule has 29 heavy (non-hydrogen) atoms. The topological polar surface area (TPSA) is 30.5 Å². The van der Waals surface area contributed by atoms with Crippen molar-refractivity contribution in [1.29, 1.82) is 0 Å². The van der Waals surface area contributed by atoms with Gasteiger partial charge in [0.25, 0.3) is 0 Å². The van der Waals surface area contributed by atoms with Gasteiger partial charge in [0.1, 0.15) is 6.61 Å². The number of hydrogen-bond acceptors (Lipinski definition) is 3. The molecule has 0 radical (unpaired) electrons. The fourth-order valence-corrected chi connectivity index (χ4v) is 3.14. The number of aryl methyl sites for hydroxylation is 1. The highest BCUT2D eigenvalue weighted by Crippen LogP contribution is 2.32. The molecular formula is C24H27Cl2NO2. The van der Waals surface area contributed by atoms with E-state index >= 15 is 0 Å². The van der Waals surface area contributed by atoms with E-state index in [1.54, 1.807) is 0 Å². The summed E-state index contributed by atoms with van der Waals surface area (Å²) in [6.07, 6.45) is 0. The largest absolute Gasteiger partial charge is 0.490 e. The van der Waals surface area contributed by atoms with E-state index in [9.17, 15) is 0 Å². The van der Waals surface area contributed by atoms with Crippen LogP contribution in [0.1, 0.15) is 29.2 Å². The summed E-state index contributed by atoms with van der Waals surface area (Å²) in [5.41, 5.74) is 4.53. The van der Waals surface area contributed by atoms with Crippen LogP contribution < -0.4 is 14.8 Å². The zero-order chi connectivity index (χ0) is 19.8. The van der Waals surface area contributed by atoms with Crippen molar-refractivity contribution in [3.8, 4) is 11.5 Å². The number of ether oxygens (including phenoxy) is 2. The van der Waals surface area contributed by atoms with Gasteiger partial charge >= 0.3 is 0 Å². The zero-order valence-electron chi connectivity index (χ0n) is 16.8. The Bertz CT molecular complexity index is 898. The molecule has 0 unspecified atom stereocenters. The van der Waals surface area contributed by atoms with Crippen LogP contribution in [0.25, 0.3) is 0 Å². The first kappa shape index (κ1) is 23.1. The van der Waals surface area contributed by atoms with E-state index in [4.69, 9.17) is 21.1 Å². The Morgan fingerprint density at radius 1 is 0.828 bits per heavy atom. The Morgan fingerprint density at radius 2 is 1.55 bits per heavy atom. The highest BCUT2D eigenvalue weighted by atomic mass is 35.5. The van der Waals surface area contributed by atoms with Crippen molar-refractivity contribution in [2.75, 3.05) is 6.61 Å². The summed E-state index contributed by atoms with van der Waals surface area (Å²) in [5, 5.41) is 4.20. The van der Waals surface area contributed by atoms with E-state index in [1.807, 2.05) is 43.3 Å². The highest BCUT2D eigenvalue weighted by Gasteiger charge is 2.12. The third-order valence-corrected chi connectivity index (χ3v) is 4.82. The molecule has 0 aliphatic heterocycles. The Labute approximate surface area is 184 Å². The van der Waals surface area contributed by atoms with Gasteiger partial charge in [-0.25, -0.2) is 0 Å². The summed E-state index contributed by atoms with van der Waals surface area (Å²) in [6.45, 7) is 6.53. The van der Waals surface area contributed by atoms with Gasteiger partial charge in [0, 0.05) is 29.2 Å². The number of para-hydroxylation sites is 1. The summed E-state index contributed by atoms with van der Waals surface area (Å²) < 4.78 is 11.9. The molecule has 0 aliphatic rings. The van der Waals surface area contributed by atoms with E-state index in [-0.39, 0.29) is 12.4 Å². The number of benzene rings is 3. The molecule has 3 rings (SSSR count). The molecule has 0 bridgehead atoms. The van der Waals surface area contributed by atoms with Gasteiger partial charge in [-0.2, -0.15) is 0 Å². The molecule has 0 amide bonds. The van der Waals surface area contributed by atoms with Crippen LogP contribution >= 0.6 is 24.0 Å². The van der Waals surface area contributed by atoms with Crippen molar-refractivity contribution < 1.29 is 9.47 Å². The van der Waals surface area contributed by atoms with Crippen LogP contribution in [-0.4, -0.2) is 6.61 Å². The van der Waals surface area contributed by atoms with E-state index in [0.717, 1.165) is 29.2 Å². The maximum absolute atomic E-state index is 6.27. The minimum absolute atomic E-state index is 0. The lowest BCUT2D eigenvalue weighted by atomic mass is 10.1. The first-order chi connectivity index (χ1) is 13.7. The lowest BCUT2D eigenvalue weighted by molar-refractivity contribution is 0.266. The number of hydrogen-bond donors (Lipinski definition) is 1. The van der Waals surface area contributed by atoms with E-state index < -0.39 is 0 Å². The van der Waals surface area contributed by atoms with E-state index in [2.05, 4.69) is 42.6 Å². The second-order valence-electron chi connectivity index (χ2n) is 6.65. The summed E-state index contributed by atoms with van der Waals surface area (Å²) in [4.78, 5) is 0. The second kappa shape index (κ2) is 11.7. The van der Waals surface area contributed by atoms with Crippen LogP contribution in [0.3, 0.4) is 0 Å². The van der Waals surface area contributed by atoms with Gasteiger partial charge in [0.2, 0.25) is 0 Å². The number of halogens is 2. The fraction of sp³-hybridized carbons (Fsp3) is 0.250. The zero-order valence-corrected chi connectivity index (χ0v) is 18.4. The first-order valence-electron chi connectivity index (χ1n) is 9.54. The van der Waals surface area contributed by atoms with Gasteiger partial charge in [-0.05, 0) is 31.5 Å². The van der Waals surface area contributed by atoms with Gasteiger partial charge in [0.05, 0.1) is 6.61 Å². The monoisotopic (exact) mass is 431 g/mol. The normalized spacial score (nSPS) is 10.3. The lowest BCUT2D eigenvalue weighted by Crippen LogP contribution is -2.14. The SMILES string of the molecule is CCOc1cccc(CNCc2ccc(C)cc2)c1OCc1ccccc1Cl.Cl. The molecule has 0 fully saturated rings. The van der Waals surface area contributed by atoms with Crippen molar-refractivity contribution in [1.82, 2.24) is 5.32 Å². The summed E-state index contributed by atoms with van der Waals surface area (Å²) in [5.74, 6) is 1.52. The summed E-state index contributed by atoms with van der Waals surface area (Å²) >= 11 is 6.27. The molecule has 0 saturated heterocycles. The van der Waals surface area contributed by atoms with E-state index in [1.165, 1.54) is 11.1 Å². The molecule has 0 heterocycles. The van der Waals surface area contributed by atoms with Crippen molar-refractivity contribution in [3.63, 3.8) is 0 Å². The Morgan fingerprint density at radius 3 is 2.28 bits per heavy atom.